The summed E-state index contributed by atoms with van der Waals surface area (Å²) in [5, 5.41) is 3.14. The fourth-order valence-electron chi connectivity index (χ4n) is 2.29. The molecule has 1 heterocycles. The van der Waals surface area contributed by atoms with Gasteiger partial charge in [-0.15, -0.1) is 0 Å². The highest BCUT2D eigenvalue weighted by molar-refractivity contribution is 5.80. The molecular weight excluding hydrogens is 257 g/mol. The maximum absolute atomic E-state index is 13.3. The van der Waals surface area contributed by atoms with E-state index in [0.717, 1.165) is 12.1 Å². The van der Waals surface area contributed by atoms with Gasteiger partial charge < -0.3 is 9.80 Å². The molecule has 0 spiro atoms. The van der Waals surface area contributed by atoms with E-state index in [1.807, 2.05) is 13.1 Å². The summed E-state index contributed by atoms with van der Waals surface area (Å²) in [6.45, 7) is 5.99. The lowest BCUT2D eigenvalue weighted by atomic mass is 10.1. The van der Waals surface area contributed by atoms with Gasteiger partial charge >= 0.3 is 0 Å². The molecule has 0 bridgehead atoms. The number of benzene rings is 1. The lowest BCUT2D eigenvalue weighted by Gasteiger charge is -2.28. The Bertz CT molecular complexity index is 478. The van der Waals surface area contributed by atoms with E-state index in [4.69, 9.17) is 0 Å². The van der Waals surface area contributed by atoms with Crippen molar-refractivity contribution in [1.29, 1.82) is 0 Å². The van der Waals surface area contributed by atoms with Crippen LogP contribution >= 0.6 is 0 Å². The zero-order chi connectivity index (χ0) is 14.7. The Morgan fingerprint density at radius 1 is 1.50 bits per heavy atom. The first-order valence-corrected chi connectivity index (χ1v) is 6.97. The standard InChI is InChI=1S/C15H22FN3O/c1-11(2)18(3)7-8-19-14(20)10-17-15(19)12-5-4-6-13(16)9-12/h4-6,9,11,15,17H,7-8,10H2,1-3H3. The van der Waals surface area contributed by atoms with E-state index in [1.165, 1.54) is 12.1 Å². The van der Waals surface area contributed by atoms with Gasteiger partial charge in [-0.25, -0.2) is 4.39 Å². The van der Waals surface area contributed by atoms with Crippen molar-refractivity contribution in [2.45, 2.75) is 26.1 Å². The molecule has 20 heavy (non-hydrogen) atoms. The third kappa shape index (κ3) is 3.35. The van der Waals surface area contributed by atoms with Gasteiger partial charge in [-0.05, 0) is 38.6 Å². The summed E-state index contributed by atoms with van der Waals surface area (Å²) in [4.78, 5) is 16.0. The molecule has 1 atom stereocenters. The molecule has 5 heteroatoms. The van der Waals surface area contributed by atoms with Crippen LogP contribution in [0.15, 0.2) is 24.3 Å². The molecule has 0 aromatic heterocycles. The van der Waals surface area contributed by atoms with Crippen molar-refractivity contribution in [3.8, 4) is 0 Å². The van der Waals surface area contributed by atoms with E-state index in [9.17, 15) is 9.18 Å². The number of likely N-dealkylation sites (N-methyl/N-ethyl adjacent to an activating group) is 1. The van der Waals surface area contributed by atoms with E-state index >= 15 is 0 Å². The molecule has 1 saturated heterocycles. The Morgan fingerprint density at radius 3 is 2.90 bits per heavy atom. The normalized spacial score (nSPS) is 19.4. The number of nitrogens with zero attached hydrogens (tertiary/aromatic N) is 2. The molecule has 1 amide bonds. The van der Waals surface area contributed by atoms with Crippen molar-refractivity contribution in [1.82, 2.24) is 15.1 Å². The van der Waals surface area contributed by atoms with Crippen LogP contribution in [0.3, 0.4) is 0 Å². The van der Waals surface area contributed by atoms with Crippen LogP contribution in [0, 0.1) is 5.82 Å². The molecule has 1 aromatic rings. The van der Waals surface area contributed by atoms with Crippen LogP contribution in [0.2, 0.25) is 0 Å². The molecule has 1 aromatic carbocycles. The molecule has 0 radical (unpaired) electrons. The molecular formula is C15H22FN3O. The highest BCUT2D eigenvalue weighted by atomic mass is 19.1. The van der Waals surface area contributed by atoms with Gasteiger partial charge in [-0.3, -0.25) is 10.1 Å². The molecule has 4 nitrogen and oxygen atoms in total. The molecule has 1 unspecified atom stereocenters. The maximum Gasteiger partial charge on any atom is 0.238 e. The number of carbonyl (C=O) groups excluding carboxylic acids is 1. The SMILES string of the molecule is CC(C)N(C)CCN1C(=O)CNC1c1cccc(F)c1. The lowest BCUT2D eigenvalue weighted by molar-refractivity contribution is -0.128. The molecule has 0 saturated carbocycles. The van der Waals surface area contributed by atoms with Gasteiger partial charge in [0.05, 0.1) is 6.54 Å². The summed E-state index contributed by atoms with van der Waals surface area (Å²) >= 11 is 0. The van der Waals surface area contributed by atoms with E-state index in [2.05, 4.69) is 24.1 Å². The summed E-state index contributed by atoms with van der Waals surface area (Å²) < 4.78 is 13.3. The van der Waals surface area contributed by atoms with Crippen LogP contribution in [-0.2, 0) is 4.79 Å². The van der Waals surface area contributed by atoms with Crippen molar-refractivity contribution >= 4 is 5.91 Å². The Hall–Kier alpha value is -1.46. The van der Waals surface area contributed by atoms with Crippen molar-refractivity contribution in [2.75, 3.05) is 26.7 Å². The molecule has 0 aliphatic carbocycles. The first kappa shape index (κ1) is 14.9. The fourth-order valence-corrected chi connectivity index (χ4v) is 2.29. The van der Waals surface area contributed by atoms with Crippen LogP contribution in [-0.4, -0.2) is 48.4 Å². The summed E-state index contributed by atoms with van der Waals surface area (Å²) in [6, 6.07) is 6.85. The first-order chi connectivity index (χ1) is 9.49. The number of rotatable bonds is 5. The maximum atomic E-state index is 13.3. The Morgan fingerprint density at radius 2 is 2.25 bits per heavy atom. The van der Waals surface area contributed by atoms with Gasteiger partial charge in [-0.2, -0.15) is 0 Å². The second-order valence-corrected chi connectivity index (χ2v) is 5.50. The summed E-state index contributed by atoms with van der Waals surface area (Å²) in [7, 11) is 2.04. The number of hydrogen-bond acceptors (Lipinski definition) is 3. The average Bonchev–Trinajstić information content (AvgIpc) is 2.77. The van der Waals surface area contributed by atoms with E-state index in [0.29, 0.717) is 19.1 Å². The predicted octanol–water partition coefficient (Wildman–Crippen LogP) is 1.60. The average molecular weight is 279 g/mol. The Balaban J connectivity index is 2.07. The van der Waals surface area contributed by atoms with Gasteiger partial charge in [0, 0.05) is 19.1 Å². The lowest BCUT2D eigenvalue weighted by Crippen LogP contribution is -2.39. The quantitative estimate of drug-likeness (QED) is 0.889. The second-order valence-electron chi connectivity index (χ2n) is 5.50. The Labute approximate surface area is 119 Å². The summed E-state index contributed by atoms with van der Waals surface area (Å²) in [6.07, 6.45) is -0.223. The van der Waals surface area contributed by atoms with Gasteiger partial charge in [0.25, 0.3) is 0 Å². The molecule has 2 rings (SSSR count). The van der Waals surface area contributed by atoms with Crippen LogP contribution in [0.1, 0.15) is 25.6 Å². The van der Waals surface area contributed by atoms with E-state index in [-0.39, 0.29) is 17.9 Å². The third-order valence-electron chi connectivity index (χ3n) is 3.82. The molecule has 1 aliphatic rings. The molecule has 1 fully saturated rings. The number of hydrogen-bond donors (Lipinski definition) is 1. The minimum Gasteiger partial charge on any atom is -0.321 e. The van der Waals surface area contributed by atoms with E-state index in [1.54, 1.807) is 11.0 Å². The van der Waals surface area contributed by atoms with Gasteiger partial charge in [0.2, 0.25) is 5.91 Å². The number of halogens is 1. The van der Waals surface area contributed by atoms with Crippen molar-refractivity contribution < 1.29 is 9.18 Å². The smallest absolute Gasteiger partial charge is 0.238 e. The minimum atomic E-state index is -0.275. The highest BCUT2D eigenvalue weighted by Gasteiger charge is 2.31. The predicted molar refractivity (Wildman–Crippen MR) is 76.6 cm³/mol. The molecule has 1 N–H and O–H groups in total. The zero-order valence-corrected chi connectivity index (χ0v) is 12.3. The second kappa shape index (κ2) is 6.33. The van der Waals surface area contributed by atoms with Gasteiger partial charge in [0.15, 0.2) is 0 Å². The summed E-state index contributed by atoms with van der Waals surface area (Å²) in [5.41, 5.74) is 0.794. The van der Waals surface area contributed by atoms with Gasteiger partial charge in [0.1, 0.15) is 12.0 Å². The number of nitrogens with one attached hydrogen (secondary N) is 1. The zero-order valence-electron chi connectivity index (χ0n) is 12.3. The van der Waals surface area contributed by atoms with Crippen LogP contribution in [0.4, 0.5) is 4.39 Å². The largest absolute Gasteiger partial charge is 0.321 e. The number of amides is 1. The summed E-state index contributed by atoms with van der Waals surface area (Å²) in [5.74, 6) is -0.209. The van der Waals surface area contributed by atoms with Crippen molar-refractivity contribution in [2.24, 2.45) is 0 Å². The van der Waals surface area contributed by atoms with Gasteiger partial charge in [-0.1, -0.05) is 12.1 Å². The number of carbonyl (C=O) groups is 1. The fraction of sp³-hybridized carbons (Fsp3) is 0.533. The first-order valence-electron chi connectivity index (χ1n) is 6.97. The van der Waals surface area contributed by atoms with Crippen molar-refractivity contribution in [3.63, 3.8) is 0 Å². The highest BCUT2D eigenvalue weighted by Crippen LogP contribution is 2.22. The van der Waals surface area contributed by atoms with Crippen LogP contribution in [0.25, 0.3) is 0 Å². The van der Waals surface area contributed by atoms with Crippen LogP contribution < -0.4 is 5.32 Å². The van der Waals surface area contributed by atoms with Crippen molar-refractivity contribution in [3.05, 3.63) is 35.6 Å². The third-order valence-corrected chi connectivity index (χ3v) is 3.82. The molecule has 1 aliphatic heterocycles. The topological polar surface area (TPSA) is 35.6 Å². The molecule has 110 valence electrons. The minimum absolute atomic E-state index is 0.0661. The van der Waals surface area contributed by atoms with Crippen LogP contribution in [0.5, 0.6) is 0 Å². The Kier molecular flexibility index (Phi) is 4.73. The van der Waals surface area contributed by atoms with E-state index < -0.39 is 0 Å². The monoisotopic (exact) mass is 279 g/mol.